The molecule has 0 aliphatic heterocycles. The predicted molar refractivity (Wildman–Crippen MR) is 189 cm³/mol. The molecule has 0 aliphatic carbocycles. The maximum Gasteiger partial charge on any atom is 0.573 e. The van der Waals surface area contributed by atoms with E-state index < -0.39 is 41.8 Å². The number of ketones is 1. The SMILES string of the molecule is C[C@@H](NC(=O)[C@@H](CC(=O)c1ccc(C(C)(C)C)s1)Cc1ccc(-c2ncc(-c3ccc(-c4ccc(OC(F)(F)F)cc4F)cc3)cn2)cc1)C(=O)O. The Kier molecular flexibility index (Phi) is 11.2. The van der Waals surface area contributed by atoms with Crippen LogP contribution in [0.3, 0.4) is 0 Å². The molecule has 0 saturated heterocycles. The zero-order valence-corrected chi connectivity index (χ0v) is 29.4. The van der Waals surface area contributed by atoms with Gasteiger partial charge in [-0.05, 0) is 59.7 Å². The molecule has 3 aromatic carbocycles. The Hall–Kier alpha value is -5.43. The van der Waals surface area contributed by atoms with Crippen LogP contribution in [0.2, 0.25) is 0 Å². The third kappa shape index (κ3) is 9.66. The van der Waals surface area contributed by atoms with Crippen molar-refractivity contribution in [3.05, 3.63) is 112 Å². The van der Waals surface area contributed by atoms with E-state index in [1.807, 2.05) is 6.07 Å². The molecule has 5 aromatic rings. The molecule has 2 atom stereocenters. The van der Waals surface area contributed by atoms with E-state index in [4.69, 9.17) is 0 Å². The highest BCUT2D eigenvalue weighted by atomic mass is 32.1. The Bertz CT molecular complexity index is 2060. The molecule has 13 heteroatoms. The fourth-order valence-corrected chi connectivity index (χ4v) is 6.35. The summed E-state index contributed by atoms with van der Waals surface area (Å²) in [4.78, 5) is 48.4. The van der Waals surface area contributed by atoms with Crippen molar-refractivity contribution >= 4 is 29.0 Å². The minimum absolute atomic E-state index is 0.0896. The summed E-state index contributed by atoms with van der Waals surface area (Å²) in [5.74, 6) is -3.77. The summed E-state index contributed by atoms with van der Waals surface area (Å²) in [7, 11) is 0. The number of nitrogens with zero attached hydrogens (tertiary/aromatic N) is 2. The number of rotatable bonds is 12. The average Bonchev–Trinajstić information content (AvgIpc) is 3.60. The molecular weight excluding hydrogens is 699 g/mol. The van der Waals surface area contributed by atoms with Gasteiger partial charge in [-0.1, -0.05) is 69.3 Å². The van der Waals surface area contributed by atoms with Gasteiger partial charge in [0.15, 0.2) is 11.6 Å². The van der Waals surface area contributed by atoms with Crippen LogP contribution in [0.25, 0.3) is 33.6 Å². The van der Waals surface area contributed by atoms with Crippen LogP contribution in [-0.4, -0.2) is 45.1 Å². The van der Waals surface area contributed by atoms with E-state index in [0.29, 0.717) is 33.5 Å². The lowest BCUT2D eigenvalue weighted by atomic mass is 9.92. The number of carbonyl (C=O) groups excluding carboxylic acids is 2. The summed E-state index contributed by atoms with van der Waals surface area (Å²) in [6.45, 7) is 7.53. The fourth-order valence-electron chi connectivity index (χ4n) is 5.34. The van der Waals surface area contributed by atoms with Crippen LogP contribution >= 0.6 is 11.3 Å². The summed E-state index contributed by atoms with van der Waals surface area (Å²) < 4.78 is 55.8. The molecule has 0 unspecified atom stereocenters. The van der Waals surface area contributed by atoms with Gasteiger partial charge in [0.25, 0.3) is 0 Å². The van der Waals surface area contributed by atoms with Crippen molar-refractivity contribution in [3.8, 4) is 39.4 Å². The largest absolute Gasteiger partial charge is 0.573 e. The number of carbonyl (C=O) groups is 3. The highest BCUT2D eigenvalue weighted by Gasteiger charge is 2.31. The van der Waals surface area contributed by atoms with E-state index in [1.165, 1.54) is 24.3 Å². The fraction of sp³-hybridized carbons (Fsp3) is 0.256. The van der Waals surface area contributed by atoms with Gasteiger partial charge in [-0.15, -0.1) is 24.5 Å². The molecule has 0 bridgehead atoms. The van der Waals surface area contributed by atoms with Crippen LogP contribution < -0.4 is 10.1 Å². The van der Waals surface area contributed by atoms with E-state index in [-0.39, 0.29) is 29.6 Å². The maximum absolute atomic E-state index is 14.6. The molecule has 0 aliphatic rings. The standard InChI is InChI=1S/C39H35F4N3O5S/c1-22(37(49)50)46-36(48)27(18-32(47)33-15-16-34(52-33)38(2,3)4)17-23-5-7-26(8-6-23)35-44-20-28(21-45-35)24-9-11-25(12-10-24)30-14-13-29(19-31(30)40)51-39(41,42)43/h5-16,19-22,27H,17-18H2,1-4H3,(H,46,48)(H,49,50)/t22-,27-/m1/s1. The van der Waals surface area contributed by atoms with Crippen molar-refractivity contribution in [1.82, 2.24) is 15.3 Å². The van der Waals surface area contributed by atoms with Crippen molar-refractivity contribution in [3.63, 3.8) is 0 Å². The lowest BCUT2D eigenvalue weighted by Gasteiger charge is -2.18. The van der Waals surface area contributed by atoms with E-state index in [0.717, 1.165) is 22.1 Å². The minimum atomic E-state index is -4.92. The second kappa shape index (κ2) is 15.4. The molecular formula is C39H35F4N3O5S. The molecule has 2 aromatic heterocycles. The van der Waals surface area contributed by atoms with Crippen LogP contribution in [0.15, 0.2) is 91.3 Å². The predicted octanol–water partition coefficient (Wildman–Crippen LogP) is 8.90. The summed E-state index contributed by atoms with van der Waals surface area (Å²) in [5, 5.41) is 11.8. The number of alkyl halides is 3. The number of hydrogen-bond acceptors (Lipinski definition) is 7. The van der Waals surface area contributed by atoms with E-state index in [9.17, 15) is 37.1 Å². The number of hydrogen-bond donors (Lipinski definition) is 2. The number of ether oxygens (including phenoxy) is 1. The van der Waals surface area contributed by atoms with E-state index in [1.54, 1.807) is 67.0 Å². The van der Waals surface area contributed by atoms with Crippen LogP contribution in [0, 0.1) is 11.7 Å². The Morgan fingerprint density at radius 1 is 0.846 bits per heavy atom. The van der Waals surface area contributed by atoms with Gasteiger partial charge in [-0.25, -0.2) is 14.4 Å². The molecule has 270 valence electrons. The first-order valence-electron chi connectivity index (χ1n) is 16.2. The second-order valence-corrected chi connectivity index (χ2v) is 14.4. The monoisotopic (exact) mass is 733 g/mol. The first-order chi connectivity index (χ1) is 24.5. The smallest absolute Gasteiger partial charge is 0.480 e. The molecule has 52 heavy (non-hydrogen) atoms. The highest BCUT2D eigenvalue weighted by molar-refractivity contribution is 7.14. The molecule has 5 rings (SSSR count). The average molecular weight is 734 g/mol. The van der Waals surface area contributed by atoms with Crippen molar-refractivity contribution in [2.75, 3.05) is 0 Å². The second-order valence-electron chi connectivity index (χ2n) is 13.3. The summed E-state index contributed by atoms with van der Waals surface area (Å²) in [6, 6.07) is 19.4. The summed E-state index contributed by atoms with van der Waals surface area (Å²) in [5.41, 5.74) is 3.31. The van der Waals surface area contributed by atoms with Gasteiger partial charge in [0.2, 0.25) is 5.91 Å². The molecule has 0 spiro atoms. The lowest BCUT2D eigenvalue weighted by Crippen LogP contribution is -2.42. The number of aromatic nitrogens is 2. The topological polar surface area (TPSA) is 118 Å². The van der Waals surface area contributed by atoms with E-state index in [2.05, 4.69) is 40.8 Å². The van der Waals surface area contributed by atoms with Gasteiger partial charge in [-0.3, -0.25) is 14.4 Å². The van der Waals surface area contributed by atoms with E-state index >= 15 is 0 Å². The third-order valence-electron chi connectivity index (χ3n) is 8.20. The number of nitrogens with one attached hydrogen (secondary N) is 1. The first kappa shape index (κ1) is 37.8. The molecule has 8 nitrogen and oxygen atoms in total. The number of benzene rings is 3. The molecule has 0 fully saturated rings. The Balaban J connectivity index is 1.27. The Morgan fingerprint density at radius 2 is 1.46 bits per heavy atom. The van der Waals surface area contributed by atoms with Crippen LogP contribution in [0.1, 0.15) is 54.2 Å². The molecule has 1 amide bonds. The quantitative estimate of drug-likeness (QED) is 0.0972. The number of carboxylic acids is 1. The summed E-state index contributed by atoms with van der Waals surface area (Å²) >= 11 is 1.39. The van der Waals surface area contributed by atoms with Crippen molar-refractivity contribution in [2.45, 2.75) is 58.4 Å². The third-order valence-corrected chi connectivity index (χ3v) is 9.75. The van der Waals surface area contributed by atoms with Gasteiger partial charge in [0.05, 0.1) is 4.88 Å². The lowest BCUT2D eigenvalue weighted by molar-refractivity contribution is -0.274. The van der Waals surface area contributed by atoms with Gasteiger partial charge in [0, 0.05) is 52.4 Å². The van der Waals surface area contributed by atoms with Crippen molar-refractivity contribution in [2.24, 2.45) is 5.92 Å². The summed E-state index contributed by atoms with van der Waals surface area (Å²) in [6.07, 6.45) is -1.56. The number of carboxylic acid groups (broad SMARTS) is 1. The van der Waals surface area contributed by atoms with Crippen molar-refractivity contribution < 1.29 is 41.8 Å². The zero-order chi connectivity index (χ0) is 37.8. The zero-order valence-electron chi connectivity index (χ0n) is 28.6. The number of amides is 1. The van der Waals surface area contributed by atoms with Gasteiger partial charge >= 0.3 is 12.3 Å². The number of thiophene rings is 1. The normalized spacial score (nSPS) is 12.9. The molecule has 0 radical (unpaired) electrons. The van der Waals surface area contributed by atoms with Gasteiger partial charge in [0.1, 0.15) is 17.6 Å². The molecule has 2 N–H and O–H groups in total. The van der Waals surface area contributed by atoms with Crippen LogP contribution in [-0.2, 0) is 21.4 Å². The van der Waals surface area contributed by atoms with Crippen LogP contribution in [0.4, 0.5) is 17.6 Å². The van der Waals surface area contributed by atoms with Gasteiger partial charge < -0.3 is 15.2 Å². The number of Topliss-reactive ketones (excluding diaryl/α,β-unsaturated/α-hetero) is 1. The molecule has 2 heterocycles. The maximum atomic E-state index is 14.6. The van der Waals surface area contributed by atoms with Crippen LogP contribution in [0.5, 0.6) is 5.75 Å². The van der Waals surface area contributed by atoms with Gasteiger partial charge in [-0.2, -0.15) is 0 Å². The minimum Gasteiger partial charge on any atom is -0.480 e. The van der Waals surface area contributed by atoms with Crippen molar-refractivity contribution in [1.29, 1.82) is 0 Å². The molecule has 0 saturated carbocycles. The highest BCUT2D eigenvalue weighted by Crippen LogP contribution is 2.32. The Labute approximate surface area is 301 Å². The first-order valence-corrected chi connectivity index (χ1v) is 17.0. The Morgan fingerprint density at radius 3 is 2.02 bits per heavy atom. The number of halogens is 4. The number of aliphatic carboxylic acids is 1.